The summed E-state index contributed by atoms with van der Waals surface area (Å²) in [6.45, 7) is 4.93. The van der Waals surface area contributed by atoms with Gasteiger partial charge in [-0.3, -0.25) is 5.10 Å². The van der Waals surface area contributed by atoms with Gasteiger partial charge in [0.05, 0.1) is 13.2 Å². The molecule has 2 amide bonds. The van der Waals surface area contributed by atoms with E-state index in [-0.39, 0.29) is 18.3 Å². The first-order chi connectivity index (χ1) is 11.6. The average molecular weight is 328 g/mol. The van der Waals surface area contributed by atoms with Crippen LogP contribution in [-0.2, 0) is 17.7 Å². The number of nitrogens with one attached hydrogen (secondary N) is 2. The summed E-state index contributed by atoms with van der Waals surface area (Å²) in [5, 5.41) is 9.79. The number of amides is 2. The third-order valence-electron chi connectivity index (χ3n) is 3.99. The van der Waals surface area contributed by atoms with Crippen LogP contribution in [0.25, 0.3) is 0 Å². The largest absolute Gasteiger partial charge is 0.461 e. The highest BCUT2D eigenvalue weighted by molar-refractivity contribution is 5.91. The first-order valence-electron chi connectivity index (χ1n) is 7.94. The van der Waals surface area contributed by atoms with E-state index in [4.69, 9.17) is 4.74 Å². The minimum absolute atomic E-state index is 0.194. The molecule has 1 aromatic heterocycles. The second-order valence-electron chi connectivity index (χ2n) is 5.72. The number of fused-ring (bicyclic) bond motifs is 1. The number of hydrogen-bond donors (Lipinski definition) is 2. The zero-order valence-electron chi connectivity index (χ0n) is 13.8. The van der Waals surface area contributed by atoms with E-state index in [2.05, 4.69) is 15.5 Å². The van der Waals surface area contributed by atoms with Gasteiger partial charge in [-0.1, -0.05) is 17.7 Å². The van der Waals surface area contributed by atoms with Crippen LogP contribution in [0.1, 0.15) is 34.2 Å². The summed E-state index contributed by atoms with van der Waals surface area (Å²) in [6, 6.07) is 7.42. The molecule has 1 aliphatic rings. The van der Waals surface area contributed by atoms with Crippen LogP contribution in [0.4, 0.5) is 10.5 Å². The molecular formula is C17H20N4O3. The molecule has 126 valence electrons. The van der Waals surface area contributed by atoms with E-state index in [1.54, 1.807) is 11.8 Å². The van der Waals surface area contributed by atoms with Crippen molar-refractivity contribution in [3.05, 3.63) is 46.8 Å². The van der Waals surface area contributed by atoms with E-state index in [9.17, 15) is 9.59 Å². The Bertz CT molecular complexity index is 752. The number of rotatable bonds is 3. The Morgan fingerprint density at radius 2 is 2.08 bits per heavy atom. The molecule has 24 heavy (non-hydrogen) atoms. The van der Waals surface area contributed by atoms with Crippen LogP contribution in [0.15, 0.2) is 24.3 Å². The van der Waals surface area contributed by atoms with E-state index >= 15 is 0 Å². The van der Waals surface area contributed by atoms with Gasteiger partial charge < -0.3 is 15.0 Å². The molecule has 0 bridgehead atoms. The van der Waals surface area contributed by atoms with Crippen LogP contribution in [-0.4, -0.2) is 40.2 Å². The Kier molecular flexibility index (Phi) is 4.50. The highest BCUT2D eigenvalue weighted by atomic mass is 16.5. The predicted molar refractivity (Wildman–Crippen MR) is 88.9 cm³/mol. The fourth-order valence-corrected chi connectivity index (χ4v) is 2.68. The van der Waals surface area contributed by atoms with Crippen molar-refractivity contribution in [1.29, 1.82) is 0 Å². The van der Waals surface area contributed by atoms with Crippen LogP contribution in [0.2, 0.25) is 0 Å². The van der Waals surface area contributed by atoms with Crippen molar-refractivity contribution in [2.45, 2.75) is 26.8 Å². The molecule has 1 aliphatic heterocycles. The van der Waals surface area contributed by atoms with Gasteiger partial charge in [0.15, 0.2) is 5.69 Å². The molecule has 2 heterocycles. The van der Waals surface area contributed by atoms with Gasteiger partial charge in [-0.05, 0) is 26.0 Å². The van der Waals surface area contributed by atoms with Gasteiger partial charge in [0.25, 0.3) is 0 Å². The number of aromatic nitrogens is 2. The average Bonchev–Trinajstić information content (AvgIpc) is 3.00. The number of nitrogens with zero attached hydrogens (tertiary/aromatic N) is 2. The van der Waals surface area contributed by atoms with Crippen molar-refractivity contribution in [2.75, 3.05) is 18.5 Å². The maximum absolute atomic E-state index is 12.5. The topological polar surface area (TPSA) is 87.3 Å². The number of aromatic amines is 1. The van der Waals surface area contributed by atoms with Gasteiger partial charge in [0, 0.05) is 29.9 Å². The van der Waals surface area contributed by atoms with E-state index in [1.165, 1.54) is 0 Å². The minimum Gasteiger partial charge on any atom is -0.461 e. The summed E-state index contributed by atoms with van der Waals surface area (Å²) in [4.78, 5) is 26.1. The lowest BCUT2D eigenvalue weighted by Crippen LogP contribution is -2.39. The van der Waals surface area contributed by atoms with Crippen LogP contribution in [0.5, 0.6) is 0 Å². The predicted octanol–water partition coefficient (Wildman–Crippen LogP) is 2.49. The summed E-state index contributed by atoms with van der Waals surface area (Å²) in [5.74, 6) is -0.462. The number of ether oxygens (including phenoxy) is 1. The Balaban J connectivity index is 1.72. The number of carbonyl (C=O) groups is 2. The molecule has 0 radical (unpaired) electrons. The molecule has 0 saturated heterocycles. The zero-order chi connectivity index (χ0) is 17.1. The smallest absolute Gasteiger partial charge is 0.359 e. The molecule has 7 heteroatoms. The van der Waals surface area contributed by atoms with E-state index in [0.29, 0.717) is 19.5 Å². The molecule has 0 fully saturated rings. The molecule has 0 unspecified atom stereocenters. The summed E-state index contributed by atoms with van der Waals surface area (Å²) >= 11 is 0. The maximum Gasteiger partial charge on any atom is 0.359 e. The van der Waals surface area contributed by atoms with E-state index in [0.717, 1.165) is 22.5 Å². The van der Waals surface area contributed by atoms with Crippen LogP contribution >= 0.6 is 0 Å². The lowest BCUT2D eigenvalue weighted by molar-refractivity contribution is 0.0517. The SMILES string of the molecule is CCOC(=O)c1n[nH]c2c1CN(C(=O)Nc1ccc(C)cc1)CC2. The molecule has 0 atom stereocenters. The van der Waals surface area contributed by atoms with E-state index in [1.807, 2.05) is 31.2 Å². The van der Waals surface area contributed by atoms with Gasteiger partial charge in [0.1, 0.15) is 0 Å². The number of carbonyl (C=O) groups excluding carboxylic acids is 2. The lowest BCUT2D eigenvalue weighted by Gasteiger charge is -2.27. The minimum atomic E-state index is -0.462. The van der Waals surface area contributed by atoms with Crippen molar-refractivity contribution < 1.29 is 14.3 Å². The Morgan fingerprint density at radius 1 is 1.33 bits per heavy atom. The number of H-pyrrole nitrogens is 1. The van der Waals surface area contributed by atoms with Crippen molar-refractivity contribution in [2.24, 2.45) is 0 Å². The molecule has 0 spiro atoms. The fraction of sp³-hybridized carbons (Fsp3) is 0.353. The number of benzene rings is 1. The summed E-state index contributed by atoms with van der Waals surface area (Å²) in [6.07, 6.45) is 0.628. The van der Waals surface area contributed by atoms with Crippen LogP contribution in [0, 0.1) is 6.92 Å². The van der Waals surface area contributed by atoms with E-state index < -0.39 is 5.97 Å². The third kappa shape index (κ3) is 3.24. The van der Waals surface area contributed by atoms with Gasteiger partial charge >= 0.3 is 12.0 Å². The molecule has 2 N–H and O–H groups in total. The molecule has 0 aliphatic carbocycles. The molecule has 3 rings (SSSR count). The summed E-state index contributed by atoms with van der Waals surface area (Å²) < 4.78 is 5.01. The first kappa shape index (κ1) is 16.0. The van der Waals surface area contributed by atoms with Gasteiger partial charge in [0.2, 0.25) is 0 Å². The molecule has 0 saturated carbocycles. The Labute approximate surface area is 140 Å². The maximum atomic E-state index is 12.5. The Morgan fingerprint density at radius 3 is 2.79 bits per heavy atom. The highest BCUT2D eigenvalue weighted by Crippen LogP contribution is 2.22. The van der Waals surface area contributed by atoms with Crippen LogP contribution < -0.4 is 5.32 Å². The molecule has 7 nitrogen and oxygen atoms in total. The fourth-order valence-electron chi connectivity index (χ4n) is 2.68. The second kappa shape index (κ2) is 6.74. The molecule has 1 aromatic carbocycles. The lowest BCUT2D eigenvalue weighted by atomic mass is 10.1. The molecular weight excluding hydrogens is 308 g/mol. The first-order valence-corrected chi connectivity index (χ1v) is 7.94. The van der Waals surface area contributed by atoms with Gasteiger partial charge in [-0.15, -0.1) is 0 Å². The Hall–Kier alpha value is -2.83. The normalized spacial score (nSPS) is 13.3. The number of anilines is 1. The monoisotopic (exact) mass is 328 g/mol. The highest BCUT2D eigenvalue weighted by Gasteiger charge is 2.28. The van der Waals surface area contributed by atoms with Crippen molar-refractivity contribution in [1.82, 2.24) is 15.1 Å². The second-order valence-corrected chi connectivity index (χ2v) is 5.72. The number of hydrogen-bond acceptors (Lipinski definition) is 4. The van der Waals surface area contributed by atoms with Gasteiger partial charge in [-0.25, -0.2) is 9.59 Å². The summed E-state index contributed by atoms with van der Waals surface area (Å²) in [5.41, 5.74) is 3.76. The number of aryl methyl sites for hydroxylation is 1. The number of esters is 1. The van der Waals surface area contributed by atoms with Gasteiger partial charge in [-0.2, -0.15) is 5.10 Å². The number of urea groups is 1. The van der Waals surface area contributed by atoms with Crippen LogP contribution in [0.3, 0.4) is 0 Å². The zero-order valence-corrected chi connectivity index (χ0v) is 13.8. The third-order valence-corrected chi connectivity index (χ3v) is 3.99. The van der Waals surface area contributed by atoms with Crippen molar-refractivity contribution in [3.63, 3.8) is 0 Å². The summed E-state index contributed by atoms with van der Waals surface area (Å²) in [7, 11) is 0. The molecule has 2 aromatic rings. The standard InChI is InChI=1S/C17H20N4O3/c1-3-24-16(22)15-13-10-21(9-8-14(13)19-20-15)17(23)18-12-6-4-11(2)5-7-12/h4-7H,3,8-10H2,1-2H3,(H,18,23)(H,19,20). The van der Waals surface area contributed by atoms with Crippen molar-refractivity contribution in [3.8, 4) is 0 Å². The quantitative estimate of drug-likeness (QED) is 0.847. The van der Waals surface area contributed by atoms with Crippen molar-refractivity contribution >= 4 is 17.7 Å².